The number of hydrogen-bond donors (Lipinski definition) is 2. The summed E-state index contributed by atoms with van der Waals surface area (Å²) in [5, 5.41) is 3.49. The van der Waals surface area contributed by atoms with E-state index in [4.69, 9.17) is 14.2 Å². The van der Waals surface area contributed by atoms with Gasteiger partial charge in [-0.1, -0.05) is 6.07 Å². The van der Waals surface area contributed by atoms with E-state index >= 15 is 0 Å². The fraction of sp³-hybridized carbons (Fsp3) is 0.429. The molecule has 0 spiro atoms. The normalized spacial score (nSPS) is 15.6. The predicted molar refractivity (Wildman–Crippen MR) is 105 cm³/mol. The van der Waals surface area contributed by atoms with Crippen LogP contribution in [-0.2, 0) is 11.2 Å². The average molecular weight is 386 g/mol. The second-order valence-corrected chi connectivity index (χ2v) is 6.71. The Hall–Kier alpha value is -2.80. The SMILES string of the molecule is COc1ccc(C(=O)OCCCN[C@H]2CCCc3[nH]c(=O)ccc32)cc1OC. The summed E-state index contributed by atoms with van der Waals surface area (Å²) in [6, 6.07) is 8.65. The lowest BCUT2D eigenvalue weighted by atomic mass is 9.91. The Morgan fingerprint density at radius 3 is 2.79 bits per heavy atom. The van der Waals surface area contributed by atoms with E-state index in [1.807, 2.05) is 6.07 Å². The van der Waals surface area contributed by atoms with Gasteiger partial charge in [0.05, 0.1) is 26.4 Å². The van der Waals surface area contributed by atoms with Crippen molar-refractivity contribution in [3.63, 3.8) is 0 Å². The van der Waals surface area contributed by atoms with Crippen LogP contribution >= 0.6 is 0 Å². The molecule has 0 saturated carbocycles. The summed E-state index contributed by atoms with van der Waals surface area (Å²) in [5.41, 5.74) is 2.56. The van der Waals surface area contributed by atoms with Gasteiger partial charge in [0.1, 0.15) is 0 Å². The van der Waals surface area contributed by atoms with Gasteiger partial charge < -0.3 is 24.5 Å². The standard InChI is InChI=1S/C21H26N2O5/c1-26-18-9-7-14(13-19(18)27-2)21(25)28-12-4-11-22-16-5-3-6-17-15(16)8-10-20(24)23-17/h7-10,13,16,22H,3-6,11-12H2,1-2H3,(H,23,24)/t16-/m0/s1. The summed E-state index contributed by atoms with van der Waals surface area (Å²) in [6.07, 6.45) is 3.68. The number of fused-ring (bicyclic) bond motifs is 1. The monoisotopic (exact) mass is 386 g/mol. The summed E-state index contributed by atoms with van der Waals surface area (Å²) in [7, 11) is 3.07. The molecule has 0 saturated heterocycles. The van der Waals surface area contributed by atoms with Crippen LogP contribution in [0.2, 0.25) is 0 Å². The molecule has 28 heavy (non-hydrogen) atoms. The molecular formula is C21H26N2O5. The van der Waals surface area contributed by atoms with E-state index in [2.05, 4.69) is 10.3 Å². The number of hydrogen-bond acceptors (Lipinski definition) is 6. The van der Waals surface area contributed by atoms with Crippen molar-refractivity contribution in [2.75, 3.05) is 27.4 Å². The predicted octanol–water partition coefficient (Wildman–Crippen LogP) is 2.61. The van der Waals surface area contributed by atoms with E-state index in [0.717, 1.165) is 37.1 Å². The number of carbonyl (C=O) groups is 1. The Balaban J connectivity index is 1.45. The van der Waals surface area contributed by atoms with Crippen molar-refractivity contribution in [2.24, 2.45) is 0 Å². The zero-order valence-electron chi connectivity index (χ0n) is 16.2. The molecule has 0 unspecified atom stereocenters. The molecule has 0 bridgehead atoms. The highest BCUT2D eigenvalue weighted by atomic mass is 16.5. The number of carbonyl (C=O) groups excluding carboxylic acids is 1. The first-order chi connectivity index (χ1) is 13.6. The fourth-order valence-electron chi connectivity index (χ4n) is 3.47. The third-order valence-corrected chi connectivity index (χ3v) is 4.90. The zero-order valence-corrected chi connectivity index (χ0v) is 16.2. The van der Waals surface area contributed by atoms with Crippen LogP contribution in [0.1, 0.15) is 46.9 Å². The molecule has 0 radical (unpaired) electrons. The van der Waals surface area contributed by atoms with E-state index in [-0.39, 0.29) is 17.6 Å². The maximum absolute atomic E-state index is 12.2. The van der Waals surface area contributed by atoms with Crippen molar-refractivity contribution in [1.82, 2.24) is 10.3 Å². The number of aromatic nitrogens is 1. The molecule has 1 aromatic heterocycles. The minimum absolute atomic E-state index is 0.0542. The molecule has 1 atom stereocenters. The maximum Gasteiger partial charge on any atom is 0.338 e. The van der Waals surface area contributed by atoms with Crippen LogP contribution in [0.15, 0.2) is 35.1 Å². The number of aryl methyl sites for hydroxylation is 1. The van der Waals surface area contributed by atoms with Crippen molar-refractivity contribution in [2.45, 2.75) is 31.7 Å². The van der Waals surface area contributed by atoms with Crippen molar-refractivity contribution in [3.05, 3.63) is 57.5 Å². The third-order valence-electron chi connectivity index (χ3n) is 4.90. The summed E-state index contributed by atoms with van der Waals surface area (Å²) in [6.45, 7) is 1.05. The highest BCUT2D eigenvalue weighted by Gasteiger charge is 2.20. The average Bonchev–Trinajstić information content (AvgIpc) is 2.72. The van der Waals surface area contributed by atoms with Gasteiger partial charge in [-0.05, 0) is 56.0 Å². The Kier molecular flexibility index (Phi) is 6.71. The first-order valence-electron chi connectivity index (χ1n) is 9.47. The van der Waals surface area contributed by atoms with Crippen molar-refractivity contribution < 1.29 is 19.0 Å². The molecule has 150 valence electrons. The van der Waals surface area contributed by atoms with Gasteiger partial charge in [-0.2, -0.15) is 0 Å². The van der Waals surface area contributed by atoms with Gasteiger partial charge in [0.25, 0.3) is 0 Å². The van der Waals surface area contributed by atoms with Gasteiger partial charge in [-0.15, -0.1) is 0 Å². The van der Waals surface area contributed by atoms with Crippen LogP contribution in [-0.4, -0.2) is 38.3 Å². The van der Waals surface area contributed by atoms with Crippen LogP contribution in [0.3, 0.4) is 0 Å². The Labute approximate surface area is 164 Å². The first kappa shape index (κ1) is 19.9. The van der Waals surface area contributed by atoms with Crippen LogP contribution < -0.4 is 20.3 Å². The van der Waals surface area contributed by atoms with Crippen molar-refractivity contribution in [1.29, 1.82) is 0 Å². The highest BCUT2D eigenvalue weighted by molar-refractivity contribution is 5.90. The van der Waals surface area contributed by atoms with Gasteiger partial charge in [0.15, 0.2) is 11.5 Å². The number of esters is 1. The number of benzene rings is 1. The molecule has 1 aliphatic rings. The minimum Gasteiger partial charge on any atom is -0.493 e. The van der Waals surface area contributed by atoms with Crippen LogP contribution in [0, 0.1) is 0 Å². The van der Waals surface area contributed by atoms with Gasteiger partial charge in [-0.3, -0.25) is 4.79 Å². The zero-order chi connectivity index (χ0) is 19.9. The van der Waals surface area contributed by atoms with Gasteiger partial charge in [0.2, 0.25) is 5.56 Å². The van der Waals surface area contributed by atoms with E-state index < -0.39 is 0 Å². The second-order valence-electron chi connectivity index (χ2n) is 6.71. The Morgan fingerprint density at radius 2 is 2.00 bits per heavy atom. The molecule has 0 fully saturated rings. The lowest BCUT2D eigenvalue weighted by Crippen LogP contribution is -2.28. The summed E-state index contributed by atoms with van der Waals surface area (Å²) in [4.78, 5) is 26.6. The summed E-state index contributed by atoms with van der Waals surface area (Å²) < 4.78 is 15.7. The topological polar surface area (TPSA) is 89.7 Å². The van der Waals surface area contributed by atoms with E-state index in [1.165, 1.54) is 7.11 Å². The second kappa shape index (κ2) is 9.41. The molecule has 1 aromatic carbocycles. The molecule has 7 nitrogen and oxygen atoms in total. The largest absolute Gasteiger partial charge is 0.493 e. The van der Waals surface area contributed by atoms with Crippen LogP contribution in [0.25, 0.3) is 0 Å². The first-order valence-corrected chi connectivity index (χ1v) is 9.47. The molecule has 0 amide bonds. The maximum atomic E-state index is 12.2. The minimum atomic E-state index is -0.387. The van der Waals surface area contributed by atoms with Gasteiger partial charge in [-0.25, -0.2) is 4.79 Å². The molecule has 2 aromatic rings. The molecule has 1 aliphatic carbocycles. The quantitative estimate of drug-likeness (QED) is 0.535. The smallest absolute Gasteiger partial charge is 0.338 e. The van der Waals surface area contributed by atoms with Gasteiger partial charge in [0, 0.05) is 17.8 Å². The number of rotatable bonds is 8. The summed E-state index contributed by atoms with van der Waals surface area (Å²) >= 11 is 0. The number of pyridine rings is 1. The Bertz CT molecular complexity index is 877. The van der Waals surface area contributed by atoms with E-state index in [0.29, 0.717) is 30.1 Å². The lowest BCUT2D eigenvalue weighted by Gasteiger charge is -2.26. The van der Waals surface area contributed by atoms with Crippen LogP contribution in [0.5, 0.6) is 11.5 Å². The number of ether oxygens (including phenoxy) is 3. The number of methoxy groups -OCH3 is 2. The molecule has 0 aliphatic heterocycles. The number of nitrogens with one attached hydrogen (secondary N) is 2. The van der Waals surface area contributed by atoms with E-state index in [9.17, 15) is 9.59 Å². The van der Waals surface area contributed by atoms with Gasteiger partial charge >= 0.3 is 5.97 Å². The molecule has 2 N–H and O–H groups in total. The van der Waals surface area contributed by atoms with Crippen molar-refractivity contribution >= 4 is 5.97 Å². The molecule has 1 heterocycles. The highest BCUT2D eigenvalue weighted by Crippen LogP contribution is 2.28. The van der Waals surface area contributed by atoms with Crippen LogP contribution in [0.4, 0.5) is 0 Å². The third kappa shape index (κ3) is 4.72. The fourth-order valence-corrected chi connectivity index (χ4v) is 3.47. The molecular weight excluding hydrogens is 360 g/mol. The number of H-pyrrole nitrogens is 1. The van der Waals surface area contributed by atoms with Crippen molar-refractivity contribution in [3.8, 4) is 11.5 Å². The van der Waals surface area contributed by atoms with E-state index in [1.54, 1.807) is 31.4 Å². The summed E-state index contributed by atoms with van der Waals surface area (Å²) in [5.74, 6) is 0.673. The molecule has 7 heteroatoms. The molecule has 3 rings (SSSR count). The number of aromatic amines is 1. The Morgan fingerprint density at radius 1 is 1.18 bits per heavy atom. The lowest BCUT2D eigenvalue weighted by molar-refractivity contribution is 0.0499.